The van der Waals surface area contributed by atoms with E-state index in [0.29, 0.717) is 0 Å². The number of halogens is 1. The maximum absolute atomic E-state index is 12.9. The molecule has 0 bridgehead atoms. The molecule has 0 aliphatic heterocycles. The van der Waals surface area contributed by atoms with Crippen LogP contribution in [-0.2, 0) is 4.79 Å². The Kier molecular flexibility index (Phi) is 4.88. The van der Waals surface area contributed by atoms with E-state index in [-0.39, 0.29) is 17.8 Å². The molecule has 0 saturated heterocycles. The highest BCUT2D eigenvalue weighted by molar-refractivity contribution is 5.91. The first kappa shape index (κ1) is 15.0. The standard InChI is InChI=1S/C18H18FNO/c1-13-4-3-5-15(12-13)6-11-18(21)20-14(2)16-7-9-17(19)10-8-16/h3-12,14H,1-2H3,(H,20,21)/b11-6+/t14-/m1/s1. The van der Waals surface area contributed by atoms with Gasteiger partial charge in [-0.3, -0.25) is 4.79 Å². The molecule has 21 heavy (non-hydrogen) atoms. The molecule has 1 amide bonds. The molecule has 108 valence electrons. The molecule has 0 heterocycles. The molecule has 0 fully saturated rings. The summed E-state index contributed by atoms with van der Waals surface area (Å²) in [4.78, 5) is 11.9. The van der Waals surface area contributed by atoms with Crippen molar-refractivity contribution in [3.8, 4) is 0 Å². The Morgan fingerprint density at radius 1 is 1.19 bits per heavy atom. The molecule has 2 nitrogen and oxygen atoms in total. The second-order valence-corrected chi connectivity index (χ2v) is 5.03. The van der Waals surface area contributed by atoms with Crippen LogP contribution in [0.25, 0.3) is 6.08 Å². The largest absolute Gasteiger partial charge is 0.346 e. The number of hydrogen-bond acceptors (Lipinski definition) is 1. The number of nitrogens with one attached hydrogen (secondary N) is 1. The summed E-state index contributed by atoms with van der Waals surface area (Å²) in [6, 6.07) is 13.9. The molecule has 3 heteroatoms. The summed E-state index contributed by atoms with van der Waals surface area (Å²) in [5.74, 6) is -0.454. The lowest BCUT2D eigenvalue weighted by atomic mass is 10.1. The lowest BCUT2D eigenvalue weighted by Crippen LogP contribution is -2.24. The average Bonchev–Trinajstić information content (AvgIpc) is 2.46. The van der Waals surface area contributed by atoms with Gasteiger partial charge in [-0.05, 0) is 43.2 Å². The topological polar surface area (TPSA) is 29.1 Å². The van der Waals surface area contributed by atoms with Crippen LogP contribution in [0.1, 0.15) is 29.7 Å². The van der Waals surface area contributed by atoms with E-state index in [1.165, 1.54) is 18.2 Å². The molecule has 0 aromatic heterocycles. The predicted molar refractivity (Wildman–Crippen MR) is 83.2 cm³/mol. The maximum Gasteiger partial charge on any atom is 0.244 e. The minimum atomic E-state index is -0.281. The van der Waals surface area contributed by atoms with Gasteiger partial charge in [-0.25, -0.2) is 4.39 Å². The molecular weight excluding hydrogens is 265 g/mol. The van der Waals surface area contributed by atoms with Crippen molar-refractivity contribution in [1.29, 1.82) is 0 Å². The molecular formula is C18H18FNO. The van der Waals surface area contributed by atoms with Gasteiger partial charge in [0, 0.05) is 6.08 Å². The first-order chi connectivity index (χ1) is 10.0. The van der Waals surface area contributed by atoms with E-state index < -0.39 is 0 Å². The quantitative estimate of drug-likeness (QED) is 0.843. The van der Waals surface area contributed by atoms with E-state index in [4.69, 9.17) is 0 Å². The van der Waals surface area contributed by atoms with E-state index in [2.05, 4.69) is 5.32 Å². The third-order valence-corrected chi connectivity index (χ3v) is 3.20. The van der Waals surface area contributed by atoms with E-state index in [9.17, 15) is 9.18 Å². The van der Waals surface area contributed by atoms with Crippen molar-refractivity contribution in [2.45, 2.75) is 19.9 Å². The van der Waals surface area contributed by atoms with Crippen LogP contribution >= 0.6 is 0 Å². The maximum atomic E-state index is 12.9. The lowest BCUT2D eigenvalue weighted by Gasteiger charge is -2.12. The predicted octanol–water partition coefficient (Wildman–Crippen LogP) is 4.02. The highest BCUT2D eigenvalue weighted by Crippen LogP contribution is 2.13. The summed E-state index contributed by atoms with van der Waals surface area (Å²) in [5.41, 5.74) is 3.01. The molecule has 0 unspecified atom stereocenters. The van der Waals surface area contributed by atoms with Gasteiger partial charge in [0.15, 0.2) is 0 Å². The Labute approximate surface area is 124 Å². The highest BCUT2D eigenvalue weighted by Gasteiger charge is 2.07. The SMILES string of the molecule is Cc1cccc(/C=C/C(=O)N[C@H](C)c2ccc(F)cc2)c1. The fraction of sp³-hybridized carbons (Fsp3) is 0.167. The van der Waals surface area contributed by atoms with Gasteiger partial charge in [-0.15, -0.1) is 0 Å². The first-order valence-corrected chi connectivity index (χ1v) is 6.85. The molecule has 0 aliphatic carbocycles. The van der Waals surface area contributed by atoms with Crippen LogP contribution in [0, 0.1) is 12.7 Å². The second kappa shape index (κ2) is 6.84. The van der Waals surface area contributed by atoms with Gasteiger partial charge < -0.3 is 5.32 Å². The zero-order valence-electron chi connectivity index (χ0n) is 12.1. The van der Waals surface area contributed by atoms with Crippen molar-refractivity contribution in [2.24, 2.45) is 0 Å². The van der Waals surface area contributed by atoms with Crippen LogP contribution in [-0.4, -0.2) is 5.91 Å². The Morgan fingerprint density at radius 3 is 2.57 bits per heavy atom. The molecule has 0 radical (unpaired) electrons. The summed E-state index contributed by atoms with van der Waals surface area (Å²) in [6.07, 6.45) is 3.29. The van der Waals surface area contributed by atoms with Gasteiger partial charge in [-0.2, -0.15) is 0 Å². The number of benzene rings is 2. The van der Waals surface area contributed by atoms with Crippen molar-refractivity contribution < 1.29 is 9.18 Å². The molecule has 2 rings (SSSR count). The number of hydrogen-bond donors (Lipinski definition) is 1. The number of aryl methyl sites for hydroxylation is 1. The minimum absolute atomic E-state index is 0.166. The zero-order chi connectivity index (χ0) is 15.2. The summed E-state index contributed by atoms with van der Waals surface area (Å²) >= 11 is 0. The first-order valence-electron chi connectivity index (χ1n) is 6.85. The third kappa shape index (κ3) is 4.56. The van der Waals surface area contributed by atoms with Crippen LogP contribution in [0.4, 0.5) is 4.39 Å². The van der Waals surface area contributed by atoms with Crippen molar-refractivity contribution in [3.05, 3.63) is 77.1 Å². The Morgan fingerprint density at radius 2 is 1.90 bits per heavy atom. The van der Waals surface area contributed by atoms with Crippen molar-refractivity contribution >= 4 is 12.0 Å². The van der Waals surface area contributed by atoms with Gasteiger partial charge in [0.05, 0.1) is 6.04 Å². The molecule has 2 aromatic rings. The summed E-state index contributed by atoms with van der Waals surface area (Å²) < 4.78 is 12.9. The highest BCUT2D eigenvalue weighted by atomic mass is 19.1. The van der Waals surface area contributed by atoms with Gasteiger partial charge in [0.1, 0.15) is 5.82 Å². The second-order valence-electron chi connectivity index (χ2n) is 5.03. The number of carbonyl (C=O) groups excluding carboxylic acids is 1. The fourth-order valence-corrected chi connectivity index (χ4v) is 2.04. The number of rotatable bonds is 4. The average molecular weight is 283 g/mol. The van der Waals surface area contributed by atoms with E-state index >= 15 is 0 Å². The lowest BCUT2D eigenvalue weighted by molar-refractivity contribution is -0.117. The smallest absolute Gasteiger partial charge is 0.244 e. The van der Waals surface area contributed by atoms with Crippen LogP contribution in [0.3, 0.4) is 0 Å². The minimum Gasteiger partial charge on any atom is -0.346 e. The van der Waals surface area contributed by atoms with Crippen molar-refractivity contribution in [3.63, 3.8) is 0 Å². The van der Waals surface area contributed by atoms with Gasteiger partial charge >= 0.3 is 0 Å². The summed E-state index contributed by atoms with van der Waals surface area (Å²) in [5, 5.41) is 2.85. The summed E-state index contributed by atoms with van der Waals surface area (Å²) in [7, 11) is 0. The van der Waals surface area contributed by atoms with Crippen LogP contribution < -0.4 is 5.32 Å². The molecule has 0 saturated carbocycles. The fourth-order valence-electron chi connectivity index (χ4n) is 2.04. The van der Waals surface area contributed by atoms with Crippen LogP contribution in [0.15, 0.2) is 54.6 Å². The molecule has 1 N–H and O–H groups in total. The number of carbonyl (C=O) groups is 1. The van der Waals surface area contributed by atoms with Gasteiger partial charge in [0.2, 0.25) is 5.91 Å². The molecule has 2 aromatic carbocycles. The molecule has 1 atom stereocenters. The third-order valence-electron chi connectivity index (χ3n) is 3.20. The van der Waals surface area contributed by atoms with E-state index in [0.717, 1.165) is 16.7 Å². The molecule has 0 aliphatic rings. The Hall–Kier alpha value is -2.42. The van der Waals surface area contributed by atoms with Crippen LogP contribution in [0.5, 0.6) is 0 Å². The van der Waals surface area contributed by atoms with Gasteiger partial charge in [-0.1, -0.05) is 42.0 Å². The Balaban J connectivity index is 1.96. The van der Waals surface area contributed by atoms with Crippen LogP contribution in [0.2, 0.25) is 0 Å². The number of amides is 1. The zero-order valence-corrected chi connectivity index (χ0v) is 12.1. The summed E-state index contributed by atoms with van der Waals surface area (Å²) in [6.45, 7) is 3.87. The van der Waals surface area contributed by atoms with Gasteiger partial charge in [0.25, 0.3) is 0 Å². The van der Waals surface area contributed by atoms with Crippen molar-refractivity contribution in [2.75, 3.05) is 0 Å². The van der Waals surface area contributed by atoms with E-state index in [1.54, 1.807) is 18.2 Å². The molecule has 0 spiro atoms. The monoisotopic (exact) mass is 283 g/mol. The normalized spacial score (nSPS) is 12.3. The Bertz CT molecular complexity index is 647. The van der Waals surface area contributed by atoms with Crippen molar-refractivity contribution in [1.82, 2.24) is 5.32 Å². The van der Waals surface area contributed by atoms with E-state index in [1.807, 2.05) is 38.1 Å².